The lowest BCUT2D eigenvalue weighted by atomic mass is 9.89. The van der Waals surface area contributed by atoms with Gasteiger partial charge in [-0.3, -0.25) is 15.1 Å². The quantitative estimate of drug-likeness (QED) is 0.652. The molecule has 19 heavy (non-hydrogen) atoms. The van der Waals surface area contributed by atoms with E-state index in [4.69, 9.17) is 10.5 Å². The van der Waals surface area contributed by atoms with Crippen molar-refractivity contribution in [2.24, 2.45) is 10.7 Å². The maximum atomic E-state index is 13.9. The summed E-state index contributed by atoms with van der Waals surface area (Å²) in [5, 5.41) is 10.8. The summed E-state index contributed by atoms with van der Waals surface area (Å²) in [5.41, 5.74) is 4.71. The Morgan fingerprint density at radius 2 is 2.32 bits per heavy atom. The molecule has 0 radical (unpaired) electrons. The number of nitro groups is 1. The summed E-state index contributed by atoms with van der Waals surface area (Å²) in [6.45, 7) is 2.24. The van der Waals surface area contributed by atoms with Crippen LogP contribution in [0.3, 0.4) is 0 Å². The van der Waals surface area contributed by atoms with Crippen molar-refractivity contribution in [2.45, 2.75) is 18.9 Å². The van der Waals surface area contributed by atoms with Crippen molar-refractivity contribution >= 4 is 11.5 Å². The molecule has 0 saturated carbocycles. The second-order valence-corrected chi connectivity index (χ2v) is 4.60. The number of non-ortho nitro benzene ring substituents is 1. The highest BCUT2D eigenvalue weighted by molar-refractivity contribution is 5.82. The third kappa shape index (κ3) is 2.70. The average molecular weight is 267 g/mol. The number of benzene rings is 1. The summed E-state index contributed by atoms with van der Waals surface area (Å²) in [7, 11) is 0. The van der Waals surface area contributed by atoms with Crippen LogP contribution in [0.1, 0.15) is 18.9 Å². The van der Waals surface area contributed by atoms with E-state index in [9.17, 15) is 14.5 Å². The van der Waals surface area contributed by atoms with Crippen molar-refractivity contribution in [3.05, 3.63) is 39.7 Å². The Bertz CT molecular complexity index is 547. The number of amidine groups is 1. The van der Waals surface area contributed by atoms with E-state index in [1.165, 1.54) is 6.07 Å². The highest BCUT2D eigenvalue weighted by Crippen LogP contribution is 2.34. The van der Waals surface area contributed by atoms with Gasteiger partial charge in [0.15, 0.2) is 0 Å². The highest BCUT2D eigenvalue weighted by atomic mass is 19.1. The zero-order chi connectivity index (χ0) is 14.0. The molecule has 1 aromatic rings. The normalized spacial score (nSPS) is 23.6. The monoisotopic (exact) mass is 267 g/mol. The molecule has 1 aliphatic rings. The lowest BCUT2D eigenvalue weighted by Gasteiger charge is -2.24. The Morgan fingerprint density at radius 1 is 1.58 bits per heavy atom. The van der Waals surface area contributed by atoms with Gasteiger partial charge < -0.3 is 10.5 Å². The number of ether oxygens (including phenoxy) is 1. The first kappa shape index (κ1) is 13.4. The summed E-state index contributed by atoms with van der Waals surface area (Å²) in [6, 6.07) is 3.41. The molecule has 1 heterocycles. The van der Waals surface area contributed by atoms with E-state index < -0.39 is 16.3 Å². The second kappa shape index (κ2) is 4.93. The third-order valence-corrected chi connectivity index (χ3v) is 3.11. The van der Waals surface area contributed by atoms with Crippen LogP contribution in [-0.4, -0.2) is 24.0 Å². The molecule has 6 nitrogen and oxygen atoms in total. The van der Waals surface area contributed by atoms with E-state index in [-0.39, 0.29) is 23.7 Å². The molecule has 102 valence electrons. The number of aliphatic imine (C=N–C) groups is 1. The van der Waals surface area contributed by atoms with E-state index >= 15 is 0 Å². The lowest BCUT2D eigenvalue weighted by Crippen LogP contribution is -2.25. The SMILES string of the molecule is C[C@@]1(c2cc([N+](=O)[O-])ccc2F)CCOCC(N)=N1. The van der Waals surface area contributed by atoms with Gasteiger partial charge in [-0.25, -0.2) is 4.39 Å². The predicted molar refractivity (Wildman–Crippen MR) is 67.5 cm³/mol. The molecule has 2 rings (SSSR count). The van der Waals surface area contributed by atoms with Crippen molar-refractivity contribution in [1.82, 2.24) is 0 Å². The van der Waals surface area contributed by atoms with Crippen molar-refractivity contribution in [2.75, 3.05) is 13.2 Å². The molecule has 7 heteroatoms. The summed E-state index contributed by atoms with van der Waals surface area (Å²) < 4.78 is 19.2. The summed E-state index contributed by atoms with van der Waals surface area (Å²) in [6.07, 6.45) is 0.409. The molecule has 0 spiro atoms. The summed E-state index contributed by atoms with van der Waals surface area (Å²) >= 11 is 0. The maximum Gasteiger partial charge on any atom is 0.270 e. The molecule has 0 aliphatic carbocycles. The lowest BCUT2D eigenvalue weighted by molar-refractivity contribution is -0.385. The molecule has 0 amide bonds. The van der Waals surface area contributed by atoms with E-state index in [1.54, 1.807) is 6.92 Å². The Kier molecular flexibility index (Phi) is 3.48. The van der Waals surface area contributed by atoms with E-state index in [1.807, 2.05) is 0 Å². The third-order valence-electron chi connectivity index (χ3n) is 3.11. The van der Waals surface area contributed by atoms with E-state index in [0.29, 0.717) is 13.0 Å². The number of nitro benzene ring substituents is 1. The number of halogens is 1. The number of hydrogen-bond donors (Lipinski definition) is 1. The Hall–Kier alpha value is -2.02. The highest BCUT2D eigenvalue weighted by Gasteiger charge is 2.32. The second-order valence-electron chi connectivity index (χ2n) is 4.60. The zero-order valence-electron chi connectivity index (χ0n) is 10.4. The van der Waals surface area contributed by atoms with Gasteiger partial charge in [0, 0.05) is 24.3 Å². The molecule has 0 bridgehead atoms. The Morgan fingerprint density at radius 3 is 3.00 bits per heavy atom. The minimum absolute atomic E-state index is 0.162. The molecule has 0 saturated heterocycles. The maximum absolute atomic E-state index is 13.9. The fourth-order valence-corrected chi connectivity index (χ4v) is 2.09. The van der Waals surface area contributed by atoms with E-state index in [2.05, 4.69) is 4.99 Å². The van der Waals surface area contributed by atoms with Crippen LogP contribution in [0.15, 0.2) is 23.2 Å². The number of hydrogen-bond acceptors (Lipinski definition) is 5. The molecular weight excluding hydrogens is 253 g/mol. The summed E-state index contributed by atoms with van der Waals surface area (Å²) in [4.78, 5) is 14.5. The van der Waals surface area contributed by atoms with Crippen molar-refractivity contribution in [1.29, 1.82) is 0 Å². The van der Waals surface area contributed by atoms with Crippen LogP contribution in [0.25, 0.3) is 0 Å². The van der Waals surface area contributed by atoms with Gasteiger partial charge in [0.2, 0.25) is 0 Å². The van der Waals surface area contributed by atoms with Crippen LogP contribution in [0.4, 0.5) is 10.1 Å². The first-order valence-electron chi connectivity index (χ1n) is 5.79. The first-order chi connectivity index (χ1) is 8.92. The number of rotatable bonds is 2. The van der Waals surface area contributed by atoms with Crippen molar-refractivity contribution < 1.29 is 14.1 Å². The molecule has 0 fully saturated rings. The predicted octanol–water partition coefficient (Wildman–Crippen LogP) is 1.73. The topological polar surface area (TPSA) is 90.8 Å². The Labute approximate surface area is 109 Å². The van der Waals surface area contributed by atoms with E-state index in [0.717, 1.165) is 12.1 Å². The molecule has 1 atom stereocenters. The standard InChI is InChI=1S/C12H14FN3O3/c1-12(4-5-19-7-11(14)15-12)9-6-8(16(17)18)2-3-10(9)13/h2-3,6H,4-5,7H2,1H3,(H2,14,15)/t12-/m0/s1. The van der Waals surface area contributed by atoms with Crippen LogP contribution in [-0.2, 0) is 10.3 Å². The molecule has 1 aliphatic heterocycles. The molecule has 2 N–H and O–H groups in total. The first-order valence-corrected chi connectivity index (χ1v) is 5.79. The van der Waals surface area contributed by atoms with Crippen LogP contribution < -0.4 is 5.73 Å². The molecular formula is C12H14FN3O3. The minimum Gasteiger partial charge on any atom is -0.386 e. The fourth-order valence-electron chi connectivity index (χ4n) is 2.09. The van der Waals surface area contributed by atoms with Gasteiger partial charge in [0.05, 0.1) is 10.5 Å². The van der Waals surface area contributed by atoms with Gasteiger partial charge in [0.25, 0.3) is 5.69 Å². The molecule has 0 unspecified atom stereocenters. The van der Waals surface area contributed by atoms with Gasteiger partial charge in [0.1, 0.15) is 18.3 Å². The molecule has 1 aromatic carbocycles. The van der Waals surface area contributed by atoms with Crippen LogP contribution in [0.2, 0.25) is 0 Å². The minimum atomic E-state index is -0.948. The van der Waals surface area contributed by atoms with Crippen molar-refractivity contribution in [3.63, 3.8) is 0 Å². The average Bonchev–Trinajstić information content (AvgIpc) is 2.51. The smallest absolute Gasteiger partial charge is 0.270 e. The summed E-state index contributed by atoms with van der Waals surface area (Å²) in [5.74, 6) is -0.280. The van der Waals surface area contributed by atoms with Gasteiger partial charge in [-0.05, 0) is 19.4 Å². The largest absolute Gasteiger partial charge is 0.386 e. The van der Waals surface area contributed by atoms with Gasteiger partial charge >= 0.3 is 0 Å². The van der Waals surface area contributed by atoms with Gasteiger partial charge in [-0.2, -0.15) is 0 Å². The van der Waals surface area contributed by atoms with Crippen molar-refractivity contribution in [3.8, 4) is 0 Å². The van der Waals surface area contributed by atoms with Crippen LogP contribution >= 0.6 is 0 Å². The van der Waals surface area contributed by atoms with Crippen LogP contribution in [0.5, 0.6) is 0 Å². The van der Waals surface area contributed by atoms with Crippen LogP contribution in [0, 0.1) is 15.9 Å². The van der Waals surface area contributed by atoms with Gasteiger partial charge in [-0.15, -0.1) is 0 Å². The molecule has 0 aromatic heterocycles. The number of nitrogens with zero attached hydrogens (tertiary/aromatic N) is 2. The Balaban J connectivity index is 2.52. The number of nitrogens with two attached hydrogens (primary N) is 1. The van der Waals surface area contributed by atoms with Gasteiger partial charge in [-0.1, -0.05) is 0 Å². The zero-order valence-corrected chi connectivity index (χ0v) is 10.4. The fraction of sp³-hybridized carbons (Fsp3) is 0.417.